The summed E-state index contributed by atoms with van der Waals surface area (Å²) >= 11 is 0. The van der Waals surface area contributed by atoms with Gasteiger partial charge < -0.3 is 0 Å². The Morgan fingerprint density at radius 3 is 2.38 bits per heavy atom. The van der Waals surface area contributed by atoms with E-state index in [4.69, 9.17) is 0 Å². The minimum Gasteiger partial charge on any atom is -0.286 e. The molecule has 0 saturated carbocycles. The highest BCUT2D eigenvalue weighted by atomic mass is 16.2. The molecule has 2 rings (SSSR count). The summed E-state index contributed by atoms with van der Waals surface area (Å²) < 4.78 is 0. The molecular formula is C12H14N2O2. The van der Waals surface area contributed by atoms with E-state index in [1.165, 1.54) is 5.01 Å². The molecule has 1 amide bonds. The van der Waals surface area contributed by atoms with Crippen LogP contribution >= 0.6 is 0 Å². The lowest BCUT2D eigenvalue weighted by molar-refractivity contribution is -0.140. The molecule has 0 radical (unpaired) electrons. The van der Waals surface area contributed by atoms with Crippen LogP contribution in [0.4, 0.5) is 0 Å². The maximum absolute atomic E-state index is 11.7. The number of ketones is 1. The summed E-state index contributed by atoms with van der Waals surface area (Å²) in [7, 11) is 0. The van der Waals surface area contributed by atoms with Gasteiger partial charge in [0.1, 0.15) is 6.04 Å². The highest BCUT2D eigenvalue weighted by molar-refractivity contribution is 6.39. The fourth-order valence-electron chi connectivity index (χ4n) is 1.75. The lowest BCUT2D eigenvalue weighted by Gasteiger charge is -2.14. The van der Waals surface area contributed by atoms with E-state index in [0.29, 0.717) is 6.54 Å². The first-order chi connectivity index (χ1) is 7.63. The third kappa shape index (κ3) is 1.72. The van der Waals surface area contributed by atoms with Crippen LogP contribution in [0.25, 0.3) is 0 Å². The Morgan fingerprint density at radius 1 is 1.25 bits per heavy atom. The minimum atomic E-state index is -0.520. The maximum atomic E-state index is 11.7. The molecule has 0 bridgehead atoms. The van der Waals surface area contributed by atoms with Gasteiger partial charge in [0, 0.05) is 6.54 Å². The van der Waals surface area contributed by atoms with Crippen molar-refractivity contribution in [2.24, 2.45) is 0 Å². The second kappa shape index (κ2) is 4.06. The van der Waals surface area contributed by atoms with Crippen LogP contribution in [0.2, 0.25) is 0 Å². The third-order valence-corrected chi connectivity index (χ3v) is 2.73. The van der Waals surface area contributed by atoms with Gasteiger partial charge in [0.15, 0.2) is 0 Å². The molecular weight excluding hydrogens is 204 g/mol. The van der Waals surface area contributed by atoms with E-state index < -0.39 is 11.9 Å². The number of likely N-dealkylation sites (N-methyl/N-ethyl adjacent to an activating group) is 1. The zero-order chi connectivity index (χ0) is 11.7. The Labute approximate surface area is 94.2 Å². The fraction of sp³-hybridized carbons (Fsp3) is 0.333. The highest BCUT2D eigenvalue weighted by Gasteiger charge is 2.38. The molecule has 1 unspecified atom stereocenters. The van der Waals surface area contributed by atoms with Gasteiger partial charge in [0.2, 0.25) is 5.78 Å². The van der Waals surface area contributed by atoms with Gasteiger partial charge in [-0.3, -0.25) is 14.6 Å². The summed E-state index contributed by atoms with van der Waals surface area (Å²) in [5.74, 6) is -0.834. The van der Waals surface area contributed by atoms with E-state index in [1.807, 2.05) is 38.1 Å². The molecule has 0 aromatic heterocycles. The van der Waals surface area contributed by atoms with E-state index in [2.05, 4.69) is 5.43 Å². The number of aryl methyl sites for hydroxylation is 1. The van der Waals surface area contributed by atoms with Crippen molar-refractivity contribution >= 4 is 11.7 Å². The Morgan fingerprint density at radius 2 is 1.88 bits per heavy atom. The number of hydrogen-bond acceptors (Lipinski definition) is 3. The first-order valence-corrected chi connectivity index (χ1v) is 5.32. The molecule has 1 aromatic carbocycles. The van der Waals surface area contributed by atoms with Gasteiger partial charge >= 0.3 is 5.91 Å². The first-order valence-electron chi connectivity index (χ1n) is 5.32. The van der Waals surface area contributed by atoms with Crippen molar-refractivity contribution in [2.75, 3.05) is 6.54 Å². The number of nitrogens with one attached hydrogen (secondary N) is 1. The van der Waals surface area contributed by atoms with Gasteiger partial charge in [-0.05, 0) is 19.4 Å². The van der Waals surface area contributed by atoms with Crippen molar-refractivity contribution in [3.8, 4) is 0 Å². The van der Waals surface area contributed by atoms with Gasteiger partial charge in [-0.1, -0.05) is 29.8 Å². The minimum absolute atomic E-state index is 0.384. The van der Waals surface area contributed by atoms with Crippen LogP contribution in [-0.2, 0) is 9.59 Å². The average Bonchev–Trinajstić information content (AvgIpc) is 2.57. The van der Waals surface area contributed by atoms with Crippen molar-refractivity contribution in [3.63, 3.8) is 0 Å². The lowest BCUT2D eigenvalue weighted by Crippen LogP contribution is -2.34. The van der Waals surface area contributed by atoms with Crippen molar-refractivity contribution < 1.29 is 9.59 Å². The molecule has 1 N–H and O–H groups in total. The van der Waals surface area contributed by atoms with Crippen LogP contribution in [0.5, 0.6) is 0 Å². The van der Waals surface area contributed by atoms with Crippen molar-refractivity contribution in [3.05, 3.63) is 35.4 Å². The molecule has 16 heavy (non-hydrogen) atoms. The van der Waals surface area contributed by atoms with Gasteiger partial charge in [-0.25, -0.2) is 5.43 Å². The number of hydrazine groups is 1. The summed E-state index contributed by atoms with van der Waals surface area (Å²) in [6.45, 7) is 4.31. The van der Waals surface area contributed by atoms with Gasteiger partial charge in [-0.15, -0.1) is 0 Å². The second-order valence-electron chi connectivity index (χ2n) is 3.89. The monoisotopic (exact) mass is 218 g/mol. The molecule has 1 heterocycles. The molecule has 84 valence electrons. The van der Waals surface area contributed by atoms with Crippen molar-refractivity contribution in [1.82, 2.24) is 10.4 Å². The average molecular weight is 218 g/mol. The number of benzene rings is 1. The number of amides is 1. The largest absolute Gasteiger partial charge is 0.306 e. The molecule has 1 aliphatic rings. The molecule has 0 spiro atoms. The molecule has 1 fully saturated rings. The molecule has 1 saturated heterocycles. The third-order valence-electron chi connectivity index (χ3n) is 2.73. The summed E-state index contributed by atoms with van der Waals surface area (Å²) in [5.41, 5.74) is 4.88. The number of hydrogen-bond donors (Lipinski definition) is 1. The number of rotatable bonds is 2. The van der Waals surface area contributed by atoms with E-state index in [9.17, 15) is 9.59 Å². The molecule has 1 atom stereocenters. The summed E-state index contributed by atoms with van der Waals surface area (Å²) in [6, 6.07) is 7.09. The van der Waals surface area contributed by atoms with Crippen LogP contribution in [0.3, 0.4) is 0 Å². The van der Waals surface area contributed by atoms with Crippen LogP contribution in [0, 0.1) is 6.92 Å². The lowest BCUT2D eigenvalue weighted by atomic mass is 10.0. The van der Waals surface area contributed by atoms with Crippen molar-refractivity contribution in [2.45, 2.75) is 19.9 Å². The predicted molar refractivity (Wildman–Crippen MR) is 59.4 cm³/mol. The Bertz CT molecular complexity index is 425. The van der Waals surface area contributed by atoms with Crippen LogP contribution < -0.4 is 5.43 Å². The van der Waals surface area contributed by atoms with E-state index in [0.717, 1.165) is 11.1 Å². The zero-order valence-electron chi connectivity index (χ0n) is 9.36. The summed E-state index contributed by atoms with van der Waals surface area (Å²) in [6.07, 6.45) is 0. The normalized spacial score (nSPS) is 20.6. The second-order valence-corrected chi connectivity index (χ2v) is 3.89. The Kier molecular flexibility index (Phi) is 2.75. The van der Waals surface area contributed by atoms with E-state index in [-0.39, 0.29) is 5.78 Å². The zero-order valence-corrected chi connectivity index (χ0v) is 9.36. The molecule has 1 aliphatic heterocycles. The van der Waals surface area contributed by atoms with Gasteiger partial charge in [0.25, 0.3) is 0 Å². The van der Waals surface area contributed by atoms with Crippen LogP contribution in [0.15, 0.2) is 24.3 Å². The predicted octanol–water partition coefficient (Wildman–Crippen LogP) is 0.972. The number of nitrogens with zero attached hydrogens (tertiary/aromatic N) is 1. The van der Waals surface area contributed by atoms with E-state index >= 15 is 0 Å². The SMILES string of the molecule is CCN1NC(c2ccc(C)cc2)C(=O)C1=O. The van der Waals surface area contributed by atoms with Crippen molar-refractivity contribution in [1.29, 1.82) is 0 Å². The number of carbonyl (C=O) groups excluding carboxylic acids is 2. The van der Waals surface area contributed by atoms with Gasteiger partial charge in [-0.2, -0.15) is 0 Å². The summed E-state index contributed by atoms with van der Waals surface area (Å²) in [4.78, 5) is 23.2. The number of Topliss-reactive ketones (excluding diaryl/α,β-unsaturated/α-hetero) is 1. The Hall–Kier alpha value is -1.68. The van der Waals surface area contributed by atoms with Crippen LogP contribution in [0.1, 0.15) is 24.1 Å². The smallest absolute Gasteiger partial charge is 0.286 e. The van der Waals surface area contributed by atoms with Gasteiger partial charge in [0.05, 0.1) is 0 Å². The Balaban J connectivity index is 2.26. The quantitative estimate of drug-likeness (QED) is 0.752. The van der Waals surface area contributed by atoms with Crippen LogP contribution in [-0.4, -0.2) is 23.2 Å². The molecule has 0 aliphatic carbocycles. The first kappa shape index (κ1) is 10.8. The molecule has 4 heteroatoms. The molecule has 4 nitrogen and oxygen atoms in total. The summed E-state index contributed by atoms with van der Waals surface area (Å²) in [5, 5.41) is 1.35. The maximum Gasteiger partial charge on any atom is 0.306 e. The number of carbonyl (C=O) groups is 2. The topological polar surface area (TPSA) is 49.4 Å². The fourth-order valence-corrected chi connectivity index (χ4v) is 1.75. The highest BCUT2D eigenvalue weighted by Crippen LogP contribution is 2.20. The van der Waals surface area contributed by atoms with E-state index in [1.54, 1.807) is 0 Å². The molecule has 1 aromatic rings. The standard InChI is InChI=1S/C12H14N2O2/c1-3-14-12(16)11(15)10(13-14)9-6-4-8(2)5-7-9/h4-7,10,13H,3H2,1-2H3.